The topological polar surface area (TPSA) is 148 Å². The van der Waals surface area contributed by atoms with Crippen LogP contribution in [-0.2, 0) is 13.0 Å². The van der Waals surface area contributed by atoms with E-state index in [9.17, 15) is 29.3 Å². The Bertz CT molecular complexity index is 1300. The number of hydrogen-bond donors (Lipinski definition) is 5. The number of fused-ring (bicyclic) bond motifs is 1. The van der Waals surface area contributed by atoms with Crippen LogP contribution in [0.3, 0.4) is 0 Å². The van der Waals surface area contributed by atoms with Gasteiger partial charge in [-0.25, -0.2) is 8.70 Å². The molecule has 10 nitrogen and oxygen atoms in total. The molecule has 1 aliphatic heterocycles. The van der Waals surface area contributed by atoms with Gasteiger partial charge in [0.15, 0.2) is 5.75 Å². The average molecular weight is 519 g/mol. The highest BCUT2D eigenvalue weighted by atomic mass is 32.2. The molecule has 0 saturated carbocycles. The summed E-state index contributed by atoms with van der Waals surface area (Å²) in [5.74, 6) is -1.18. The number of nitrogens with one attached hydrogen (secondary N) is 1. The van der Waals surface area contributed by atoms with Crippen molar-refractivity contribution in [2.75, 3.05) is 25.4 Å². The number of nitrogens with zero attached hydrogens (tertiary/aromatic N) is 3. The fourth-order valence-corrected chi connectivity index (χ4v) is 5.16. The molecule has 3 aromatic rings. The van der Waals surface area contributed by atoms with Crippen LogP contribution in [0.15, 0.2) is 41.3 Å². The summed E-state index contributed by atoms with van der Waals surface area (Å²) in [6.07, 6.45) is 0.321. The van der Waals surface area contributed by atoms with Gasteiger partial charge in [0.05, 0.1) is 18.2 Å². The molecule has 5 N–H and O–H groups in total. The van der Waals surface area contributed by atoms with E-state index in [1.165, 1.54) is 34.8 Å². The molecular formula is C24H27FN4O6S. The predicted molar refractivity (Wildman–Crippen MR) is 132 cm³/mol. The molecule has 12 heteroatoms. The summed E-state index contributed by atoms with van der Waals surface area (Å²) in [7, 11) is 0. The van der Waals surface area contributed by atoms with Crippen molar-refractivity contribution >= 4 is 28.9 Å². The van der Waals surface area contributed by atoms with Gasteiger partial charge < -0.3 is 30.3 Å². The van der Waals surface area contributed by atoms with E-state index >= 15 is 0 Å². The number of halogens is 1. The highest BCUT2D eigenvalue weighted by Crippen LogP contribution is 2.28. The molecule has 1 fully saturated rings. The maximum atomic E-state index is 13.4. The van der Waals surface area contributed by atoms with E-state index in [1.54, 1.807) is 22.5 Å². The zero-order chi connectivity index (χ0) is 25.8. The molecule has 0 aliphatic carbocycles. The second kappa shape index (κ2) is 11.4. The first kappa shape index (κ1) is 26.0. The van der Waals surface area contributed by atoms with Crippen molar-refractivity contribution in [1.82, 2.24) is 19.2 Å². The van der Waals surface area contributed by atoms with Crippen molar-refractivity contribution in [3.05, 3.63) is 69.4 Å². The zero-order valence-corrected chi connectivity index (χ0v) is 20.1. The molecule has 0 spiro atoms. The highest BCUT2D eigenvalue weighted by molar-refractivity contribution is 7.97. The third kappa shape index (κ3) is 5.52. The number of aromatic nitrogens is 2. The van der Waals surface area contributed by atoms with Gasteiger partial charge in [0, 0.05) is 31.6 Å². The molecule has 2 atom stereocenters. The number of carbonyl (C=O) groups excluding carboxylic acids is 1. The smallest absolute Gasteiger partial charge is 0.267 e. The fourth-order valence-electron chi connectivity index (χ4n) is 4.07. The Morgan fingerprint density at radius 3 is 2.67 bits per heavy atom. The van der Waals surface area contributed by atoms with Crippen molar-refractivity contribution < 1.29 is 29.6 Å². The van der Waals surface area contributed by atoms with Gasteiger partial charge in [-0.1, -0.05) is 24.1 Å². The van der Waals surface area contributed by atoms with Crippen LogP contribution in [0.2, 0.25) is 0 Å². The molecule has 1 aliphatic rings. The quantitative estimate of drug-likeness (QED) is 0.270. The Labute approximate surface area is 210 Å². The highest BCUT2D eigenvalue weighted by Gasteiger charge is 2.29. The van der Waals surface area contributed by atoms with E-state index in [0.29, 0.717) is 24.2 Å². The summed E-state index contributed by atoms with van der Waals surface area (Å²) in [5.41, 5.74) is 0.584. The van der Waals surface area contributed by atoms with Crippen LogP contribution >= 0.6 is 11.9 Å². The minimum absolute atomic E-state index is 0.0361. The first-order valence-electron chi connectivity index (χ1n) is 11.4. The number of benzene rings is 1. The van der Waals surface area contributed by atoms with E-state index in [2.05, 4.69) is 10.3 Å². The normalized spacial score (nSPS) is 18.4. The maximum Gasteiger partial charge on any atom is 0.267 e. The first-order chi connectivity index (χ1) is 17.3. The third-order valence-corrected chi connectivity index (χ3v) is 7.08. The van der Waals surface area contributed by atoms with Crippen molar-refractivity contribution in [3.8, 4) is 5.75 Å². The summed E-state index contributed by atoms with van der Waals surface area (Å²) >= 11 is 1.34. The zero-order valence-electron chi connectivity index (χ0n) is 19.3. The van der Waals surface area contributed by atoms with Crippen LogP contribution in [0.1, 0.15) is 27.9 Å². The average Bonchev–Trinajstić information content (AvgIpc) is 2.86. The van der Waals surface area contributed by atoms with Gasteiger partial charge in [-0.2, -0.15) is 0 Å². The fraction of sp³-hybridized carbons (Fsp3) is 0.375. The summed E-state index contributed by atoms with van der Waals surface area (Å²) in [6.45, 7) is -0.239. The second-order valence-corrected chi connectivity index (χ2v) is 9.55. The lowest BCUT2D eigenvalue weighted by Crippen LogP contribution is -2.45. The standard InChI is InChI=1S/C24H27FN4O6S/c25-16-3-1-14(2-4-16)11-15-12-17-20(27-13-15)21(32)19(22(33)26-6-9-30)24(35)28(17)7-8-29-23(34)18(31)5-10-36-29/h1-4,12-13,18,23,30-32,34H,5-11H2,(H,26,33). The molecule has 1 amide bonds. The summed E-state index contributed by atoms with van der Waals surface area (Å²) < 4.78 is 16.2. The van der Waals surface area contributed by atoms with Gasteiger partial charge in [-0.3, -0.25) is 14.6 Å². The SMILES string of the molecule is O=C(NCCO)c1c(O)c2ncc(Cc3ccc(F)cc3)cc2n(CCN2SCCC(O)C2O)c1=O. The van der Waals surface area contributed by atoms with Crippen LogP contribution < -0.4 is 10.9 Å². The third-order valence-electron chi connectivity index (χ3n) is 5.93. The van der Waals surface area contributed by atoms with Crippen molar-refractivity contribution in [2.24, 2.45) is 0 Å². The molecular weight excluding hydrogens is 491 g/mol. The van der Waals surface area contributed by atoms with Gasteiger partial charge in [0.2, 0.25) is 0 Å². The monoisotopic (exact) mass is 518 g/mol. The van der Waals surface area contributed by atoms with Crippen molar-refractivity contribution in [2.45, 2.75) is 31.7 Å². The summed E-state index contributed by atoms with van der Waals surface area (Å²) in [4.78, 5) is 30.4. The maximum absolute atomic E-state index is 13.4. The molecule has 4 rings (SSSR count). The number of rotatable bonds is 8. The molecule has 36 heavy (non-hydrogen) atoms. The Hall–Kier alpha value is -3.03. The van der Waals surface area contributed by atoms with Crippen molar-refractivity contribution in [1.29, 1.82) is 0 Å². The molecule has 0 radical (unpaired) electrons. The molecule has 1 saturated heterocycles. The Balaban J connectivity index is 1.76. The molecule has 192 valence electrons. The van der Waals surface area contributed by atoms with Crippen LogP contribution in [0.4, 0.5) is 4.39 Å². The predicted octanol–water partition coefficient (Wildman–Crippen LogP) is 0.587. The number of carbonyl (C=O) groups is 1. The van der Waals surface area contributed by atoms with E-state index in [-0.39, 0.29) is 43.1 Å². The van der Waals surface area contributed by atoms with Gasteiger partial charge in [0.25, 0.3) is 11.5 Å². The van der Waals surface area contributed by atoms with Crippen LogP contribution in [0.25, 0.3) is 11.0 Å². The van der Waals surface area contributed by atoms with E-state index in [1.807, 2.05) is 0 Å². The summed E-state index contributed by atoms with van der Waals surface area (Å²) in [6, 6.07) is 7.65. The minimum atomic E-state index is -1.11. The van der Waals surface area contributed by atoms with Gasteiger partial charge in [-0.05, 0) is 42.2 Å². The number of pyridine rings is 2. The lowest BCUT2D eigenvalue weighted by molar-refractivity contribution is -0.0496. The largest absolute Gasteiger partial charge is 0.505 e. The van der Waals surface area contributed by atoms with E-state index in [0.717, 1.165) is 5.56 Å². The summed E-state index contributed by atoms with van der Waals surface area (Å²) in [5, 5.41) is 42.5. The Morgan fingerprint density at radius 2 is 1.94 bits per heavy atom. The van der Waals surface area contributed by atoms with Crippen LogP contribution in [0.5, 0.6) is 5.75 Å². The molecule has 2 aromatic heterocycles. The van der Waals surface area contributed by atoms with E-state index in [4.69, 9.17) is 5.11 Å². The van der Waals surface area contributed by atoms with Gasteiger partial charge in [0.1, 0.15) is 23.1 Å². The number of aliphatic hydroxyl groups is 3. The minimum Gasteiger partial charge on any atom is -0.505 e. The molecule has 3 heterocycles. The lowest BCUT2D eigenvalue weighted by Gasteiger charge is -2.34. The van der Waals surface area contributed by atoms with Crippen molar-refractivity contribution in [3.63, 3.8) is 0 Å². The van der Waals surface area contributed by atoms with Gasteiger partial charge >= 0.3 is 0 Å². The first-order valence-corrected chi connectivity index (χ1v) is 12.4. The lowest BCUT2D eigenvalue weighted by atomic mass is 10.1. The van der Waals surface area contributed by atoms with Gasteiger partial charge in [-0.15, -0.1) is 0 Å². The number of hydrogen-bond acceptors (Lipinski definition) is 9. The Morgan fingerprint density at radius 1 is 1.19 bits per heavy atom. The molecule has 0 bridgehead atoms. The van der Waals surface area contributed by atoms with Crippen LogP contribution in [0, 0.1) is 5.82 Å². The Kier molecular flexibility index (Phi) is 8.21. The second-order valence-electron chi connectivity index (χ2n) is 8.42. The molecule has 1 aromatic carbocycles. The number of amides is 1. The van der Waals surface area contributed by atoms with Crippen LogP contribution in [-0.4, -0.2) is 78.0 Å². The molecule has 2 unspecified atom stereocenters. The van der Waals surface area contributed by atoms with E-state index < -0.39 is 35.1 Å². The number of aromatic hydroxyl groups is 1. The number of aliphatic hydroxyl groups excluding tert-OH is 3.